The summed E-state index contributed by atoms with van der Waals surface area (Å²) in [7, 11) is 0. The highest BCUT2D eigenvalue weighted by Crippen LogP contribution is 2.34. The van der Waals surface area contributed by atoms with Gasteiger partial charge in [0.1, 0.15) is 0 Å². The summed E-state index contributed by atoms with van der Waals surface area (Å²) in [5, 5.41) is 9.03. The number of hydrogen-bond donors (Lipinski definition) is 1. The second-order valence-corrected chi connectivity index (χ2v) is 6.56. The summed E-state index contributed by atoms with van der Waals surface area (Å²) in [4.78, 5) is 2.55. The Morgan fingerprint density at radius 3 is 2.28 bits per heavy atom. The molecule has 1 N–H and O–H groups in total. The van der Waals surface area contributed by atoms with Gasteiger partial charge in [0.25, 0.3) is 0 Å². The number of likely N-dealkylation sites (tertiary alicyclic amines) is 1. The van der Waals surface area contributed by atoms with Crippen LogP contribution in [0.25, 0.3) is 0 Å². The molecule has 0 bridgehead atoms. The van der Waals surface area contributed by atoms with Crippen LogP contribution in [0.5, 0.6) is 0 Å². The van der Waals surface area contributed by atoms with E-state index in [1.165, 1.54) is 25.1 Å². The molecule has 100 valence electrons. The first-order valence-electron chi connectivity index (χ1n) is 6.90. The molecule has 2 nitrogen and oxygen atoms in total. The Bertz CT molecular complexity index is 377. The number of rotatable bonds is 3. The van der Waals surface area contributed by atoms with Crippen molar-refractivity contribution in [3.8, 4) is 0 Å². The van der Waals surface area contributed by atoms with Crippen LogP contribution in [0.3, 0.4) is 0 Å². The van der Waals surface area contributed by atoms with Crippen molar-refractivity contribution >= 4 is 0 Å². The molecule has 2 heteroatoms. The number of aliphatic hydroxyl groups excluding tert-OH is 1. The van der Waals surface area contributed by atoms with Crippen molar-refractivity contribution in [1.29, 1.82) is 0 Å². The molecule has 1 aromatic carbocycles. The van der Waals surface area contributed by atoms with Crippen LogP contribution in [0.1, 0.15) is 38.3 Å². The van der Waals surface area contributed by atoms with Crippen LogP contribution >= 0.6 is 0 Å². The first kappa shape index (κ1) is 13.6. The molecule has 1 atom stereocenters. The third-order valence-electron chi connectivity index (χ3n) is 4.11. The minimum atomic E-state index is 0.135. The molecule has 1 saturated heterocycles. The molecule has 1 heterocycles. The highest BCUT2D eigenvalue weighted by Gasteiger charge is 2.31. The van der Waals surface area contributed by atoms with Crippen molar-refractivity contribution < 1.29 is 5.11 Å². The zero-order valence-electron chi connectivity index (χ0n) is 11.8. The Labute approximate surface area is 111 Å². The number of hydrogen-bond acceptors (Lipinski definition) is 2. The predicted octanol–water partition coefficient (Wildman–Crippen LogP) is 3.05. The first-order chi connectivity index (χ1) is 8.49. The van der Waals surface area contributed by atoms with Crippen LogP contribution < -0.4 is 0 Å². The fourth-order valence-corrected chi connectivity index (χ4v) is 2.69. The normalized spacial score (nSPS) is 21.4. The molecule has 0 aromatic heterocycles. The van der Waals surface area contributed by atoms with Crippen molar-refractivity contribution in [2.75, 3.05) is 13.1 Å². The van der Waals surface area contributed by atoms with Gasteiger partial charge < -0.3 is 5.11 Å². The molecule has 0 radical (unpaired) electrons. The highest BCUT2D eigenvalue weighted by molar-refractivity contribution is 5.22. The van der Waals surface area contributed by atoms with Gasteiger partial charge in [-0.25, -0.2) is 0 Å². The molecule has 18 heavy (non-hydrogen) atoms. The van der Waals surface area contributed by atoms with Crippen molar-refractivity contribution in [1.82, 2.24) is 4.90 Å². The van der Waals surface area contributed by atoms with Crippen LogP contribution in [-0.2, 0) is 13.2 Å². The standard InChI is InChI=1S/C16H25NO/c1-16(2,3)15-8-9-17(11-15)10-13-4-6-14(12-18)7-5-13/h4-7,15,18H,8-12H2,1-3H3. The van der Waals surface area contributed by atoms with Crippen LogP contribution in [0.2, 0.25) is 0 Å². The van der Waals surface area contributed by atoms with Gasteiger partial charge in [0, 0.05) is 13.1 Å². The lowest BCUT2D eigenvalue weighted by molar-refractivity contribution is 0.226. The van der Waals surface area contributed by atoms with Gasteiger partial charge in [-0.3, -0.25) is 4.90 Å². The lowest BCUT2D eigenvalue weighted by Crippen LogP contribution is -2.25. The van der Waals surface area contributed by atoms with Crippen LogP contribution in [0, 0.1) is 11.3 Å². The second-order valence-electron chi connectivity index (χ2n) is 6.56. The zero-order chi connectivity index (χ0) is 13.2. The average Bonchev–Trinajstić information content (AvgIpc) is 2.78. The van der Waals surface area contributed by atoms with E-state index in [-0.39, 0.29) is 6.61 Å². The number of benzene rings is 1. The second kappa shape index (κ2) is 5.41. The van der Waals surface area contributed by atoms with Gasteiger partial charge in [0.15, 0.2) is 0 Å². The monoisotopic (exact) mass is 247 g/mol. The van der Waals surface area contributed by atoms with E-state index in [0.29, 0.717) is 5.41 Å². The lowest BCUT2D eigenvalue weighted by Gasteiger charge is -2.27. The fourth-order valence-electron chi connectivity index (χ4n) is 2.69. The summed E-state index contributed by atoms with van der Waals surface area (Å²) in [5.41, 5.74) is 2.77. The molecule has 0 saturated carbocycles. The third kappa shape index (κ3) is 3.33. The molecule has 1 unspecified atom stereocenters. The van der Waals surface area contributed by atoms with Gasteiger partial charge in [-0.2, -0.15) is 0 Å². The van der Waals surface area contributed by atoms with E-state index in [1.54, 1.807) is 0 Å². The van der Waals surface area contributed by atoms with E-state index in [2.05, 4.69) is 37.8 Å². The summed E-state index contributed by atoms with van der Waals surface area (Å²) in [6, 6.07) is 8.31. The van der Waals surface area contributed by atoms with Crippen molar-refractivity contribution in [2.24, 2.45) is 11.3 Å². The Morgan fingerprint density at radius 2 is 1.78 bits per heavy atom. The quantitative estimate of drug-likeness (QED) is 0.887. The molecule has 1 aromatic rings. The first-order valence-corrected chi connectivity index (χ1v) is 6.90. The Morgan fingerprint density at radius 1 is 1.17 bits per heavy atom. The molecular formula is C16H25NO. The van der Waals surface area contributed by atoms with E-state index in [4.69, 9.17) is 5.11 Å². The van der Waals surface area contributed by atoms with Crippen molar-refractivity contribution in [3.63, 3.8) is 0 Å². The third-order valence-corrected chi connectivity index (χ3v) is 4.11. The SMILES string of the molecule is CC(C)(C)C1CCN(Cc2ccc(CO)cc2)C1. The van der Waals surface area contributed by atoms with Gasteiger partial charge in [-0.15, -0.1) is 0 Å². The highest BCUT2D eigenvalue weighted by atomic mass is 16.3. The fraction of sp³-hybridized carbons (Fsp3) is 0.625. The van der Waals surface area contributed by atoms with Gasteiger partial charge in [-0.1, -0.05) is 45.0 Å². The zero-order valence-corrected chi connectivity index (χ0v) is 11.8. The molecule has 2 rings (SSSR count). The molecule has 0 spiro atoms. The summed E-state index contributed by atoms with van der Waals surface area (Å²) < 4.78 is 0. The van der Waals surface area contributed by atoms with Crippen molar-refractivity contribution in [3.05, 3.63) is 35.4 Å². The largest absolute Gasteiger partial charge is 0.392 e. The molecule has 0 aliphatic carbocycles. The number of aliphatic hydroxyl groups is 1. The molecule has 1 aliphatic heterocycles. The topological polar surface area (TPSA) is 23.5 Å². The van der Waals surface area contributed by atoms with E-state index in [9.17, 15) is 0 Å². The maximum absolute atomic E-state index is 9.03. The van der Waals surface area contributed by atoms with Crippen LogP contribution in [0.4, 0.5) is 0 Å². The van der Waals surface area contributed by atoms with Crippen LogP contribution in [-0.4, -0.2) is 23.1 Å². The Balaban J connectivity index is 1.91. The van der Waals surface area contributed by atoms with E-state index in [1.807, 2.05) is 12.1 Å². The minimum Gasteiger partial charge on any atom is -0.392 e. The smallest absolute Gasteiger partial charge is 0.0681 e. The summed E-state index contributed by atoms with van der Waals surface area (Å²) in [6.07, 6.45) is 1.32. The maximum Gasteiger partial charge on any atom is 0.0681 e. The Kier molecular flexibility index (Phi) is 4.08. The molecular weight excluding hydrogens is 222 g/mol. The van der Waals surface area contributed by atoms with Crippen LogP contribution in [0.15, 0.2) is 24.3 Å². The number of nitrogens with zero attached hydrogens (tertiary/aromatic N) is 1. The van der Waals surface area contributed by atoms with Crippen molar-refractivity contribution in [2.45, 2.75) is 40.3 Å². The predicted molar refractivity (Wildman–Crippen MR) is 75.2 cm³/mol. The molecule has 1 fully saturated rings. The molecule has 1 aliphatic rings. The summed E-state index contributed by atoms with van der Waals surface area (Å²) in [5.74, 6) is 0.814. The maximum atomic E-state index is 9.03. The molecule has 0 amide bonds. The summed E-state index contributed by atoms with van der Waals surface area (Å²) >= 11 is 0. The van der Waals surface area contributed by atoms with E-state index < -0.39 is 0 Å². The van der Waals surface area contributed by atoms with Gasteiger partial charge in [-0.05, 0) is 35.4 Å². The minimum absolute atomic E-state index is 0.135. The van der Waals surface area contributed by atoms with E-state index >= 15 is 0 Å². The average molecular weight is 247 g/mol. The van der Waals surface area contributed by atoms with Gasteiger partial charge in [0.2, 0.25) is 0 Å². The summed E-state index contributed by atoms with van der Waals surface area (Å²) in [6.45, 7) is 10.6. The van der Waals surface area contributed by atoms with Gasteiger partial charge >= 0.3 is 0 Å². The Hall–Kier alpha value is -0.860. The lowest BCUT2D eigenvalue weighted by atomic mass is 9.80. The van der Waals surface area contributed by atoms with Gasteiger partial charge in [0.05, 0.1) is 6.61 Å². The van der Waals surface area contributed by atoms with E-state index in [0.717, 1.165) is 18.0 Å².